The highest BCUT2D eigenvalue weighted by Crippen LogP contribution is 2.14. The lowest BCUT2D eigenvalue weighted by molar-refractivity contribution is -0.917. The molecule has 1 fully saturated rings. The number of carbonyl (C=O) groups excluding carboxylic acids is 1. The zero-order chi connectivity index (χ0) is 16.9. The van der Waals surface area contributed by atoms with Gasteiger partial charge in [0.25, 0.3) is 0 Å². The molecule has 0 unspecified atom stereocenters. The number of aryl methyl sites for hydroxylation is 1. The summed E-state index contributed by atoms with van der Waals surface area (Å²) in [6.45, 7) is 6.40. The van der Waals surface area contributed by atoms with E-state index in [0.29, 0.717) is 0 Å². The first kappa shape index (κ1) is 16.8. The first-order valence-corrected chi connectivity index (χ1v) is 8.69. The van der Waals surface area contributed by atoms with E-state index in [4.69, 9.17) is 11.6 Å². The fourth-order valence-corrected chi connectivity index (χ4v) is 3.26. The van der Waals surface area contributed by atoms with Crippen LogP contribution in [0.3, 0.4) is 0 Å². The van der Waals surface area contributed by atoms with Gasteiger partial charge in [0, 0.05) is 16.3 Å². The molecule has 0 radical (unpaired) electrons. The van der Waals surface area contributed by atoms with Crippen LogP contribution in [0.2, 0.25) is 5.02 Å². The zero-order valence-electron chi connectivity index (χ0n) is 13.9. The van der Waals surface area contributed by atoms with Crippen LogP contribution >= 0.6 is 11.6 Å². The zero-order valence-corrected chi connectivity index (χ0v) is 14.6. The lowest BCUT2D eigenvalue weighted by Crippen LogP contribution is -3.13. The second-order valence-electron chi connectivity index (χ2n) is 6.29. The van der Waals surface area contributed by atoms with E-state index >= 15 is 0 Å². The molecule has 24 heavy (non-hydrogen) atoms. The lowest BCUT2D eigenvalue weighted by atomic mass is 10.2. The first-order valence-electron chi connectivity index (χ1n) is 8.31. The predicted molar refractivity (Wildman–Crippen MR) is 97.6 cm³/mol. The van der Waals surface area contributed by atoms with Gasteiger partial charge in [-0.2, -0.15) is 0 Å². The van der Waals surface area contributed by atoms with Crippen molar-refractivity contribution in [2.24, 2.45) is 0 Å². The quantitative estimate of drug-likeness (QED) is 0.882. The van der Waals surface area contributed by atoms with E-state index in [1.165, 1.54) is 10.5 Å². The van der Waals surface area contributed by atoms with Gasteiger partial charge >= 0.3 is 6.03 Å². The number of urea groups is 1. The molecule has 1 aliphatic rings. The van der Waals surface area contributed by atoms with E-state index in [0.717, 1.165) is 49.0 Å². The summed E-state index contributed by atoms with van der Waals surface area (Å²) >= 11 is 6.05. The number of carbonyl (C=O) groups is 1. The van der Waals surface area contributed by atoms with Gasteiger partial charge in [-0.3, -0.25) is 0 Å². The molecule has 0 bridgehead atoms. The Hall–Kier alpha value is -2.04. The molecule has 2 aromatic rings. The third-order valence-electron chi connectivity index (χ3n) is 4.49. The lowest BCUT2D eigenvalue weighted by Gasteiger charge is -2.32. The van der Waals surface area contributed by atoms with E-state index < -0.39 is 0 Å². The van der Waals surface area contributed by atoms with Crippen LogP contribution in [0.4, 0.5) is 10.5 Å². The minimum atomic E-state index is -0.00824. The van der Waals surface area contributed by atoms with Gasteiger partial charge in [-0.05, 0) is 30.7 Å². The van der Waals surface area contributed by atoms with Crippen LogP contribution < -0.4 is 10.2 Å². The summed E-state index contributed by atoms with van der Waals surface area (Å²) in [5.74, 6) is 0. The van der Waals surface area contributed by atoms with Crippen LogP contribution in [0.1, 0.15) is 11.1 Å². The predicted octanol–water partition coefficient (Wildman–Crippen LogP) is 2.58. The standard InChI is InChI=1S/C19H22ClN3O/c1-15-5-2-3-8-18(15)21-19(24)23-11-9-22(10-12-23)14-16-6-4-7-17(20)13-16/h2-8,13H,9-12,14H2,1H3,(H,21,24)/p+1. The second-order valence-corrected chi connectivity index (χ2v) is 6.73. The van der Waals surface area contributed by atoms with E-state index in [1.807, 2.05) is 54.3 Å². The van der Waals surface area contributed by atoms with Gasteiger partial charge in [-0.1, -0.05) is 41.9 Å². The minimum absolute atomic E-state index is 0.00824. The van der Waals surface area contributed by atoms with Gasteiger partial charge in [-0.25, -0.2) is 4.79 Å². The number of para-hydroxylation sites is 1. The molecule has 1 aliphatic heterocycles. The number of rotatable bonds is 3. The molecule has 0 aliphatic carbocycles. The molecule has 3 rings (SSSR count). The Balaban J connectivity index is 1.51. The summed E-state index contributed by atoms with van der Waals surface area (Å²) in [7, 11) is 0. The number of hydrogen-bond acceptors (Lipinski definition) is 1. The van der Waals surface area contributed by atoms with E-state index in [1.54, 1.807) is 0 Å². The molecular formula is C19H23ClN3O+. The van der Waals surface area contributed by atoms with E-state index in [-0.39, 0.29) is 6.03 Å². The molecule has 126 valence electrons. The molecule has 5 heteroatoms. The Kier molecular flexibility index (Phi) is 5.38. The average Bonchev–Trinajstić information content (AvgIpc) is 2.57. The SMILES string of the molecule is Cc1ccccc1NC(=O)N1CC[NH+](Cc2cccc(Cl)c2)CC1. The molecule has 4 nitrogen and oxygen atoms in total. The van der Waals surface area contributed by atoms with Crippen LogP contribution in [0, 0.1) is 6.92 Å². The van der Waals surface area contributed by atoms with Gasteiger partial charge in [0.15, 0.2) is 0 Å². The number of piperazine rings is 1. The van der Waals surface area contributed by atoms with Crippen molar-refractivity contribution in [2.75, 3.05) is 31.5 Å². The highest BCUT2D eigenvalue weighted by Gasteiger charge is 2.24. The minimum Gasteiger partial charge on any atom is -0.328 e. The summed E-state index contributed by atoms with van der Waals surface area (Å²) in [4.78, 5) is 15.8. The van der Waals surface area contributed by atoms with Crippen LogP contribution in [0.15, 0.2) is 48.5 Å². The number of halogens is 1. The van der Waals surface area contributed by atoms with Crippen LogP contribution in [-0.4, -0.2) is 37.1 Å². The second kappa shape index (κ2) is 7.69. The van der Waals surface area contributed by atoms with Crippen molar-refractivity contribution in [2.45, 2.75) is 13.5 Å². The van der Waals surface area contributed by atoms with Crippen molar-refractivity contribution in [1.82, 2.24) is 4.90 Å². The molecule has 0 atom stereocenters. The highest BCUT2D eigenvalue weighted by atomic mass is 35.5. The van der Waals surface area contributed by atoms with E-state index in [9.17, 15) is 4.79 Å². The number of anilines is 1. The first-order chi connectivity index (χ1) is 11.6. The Bertz CT molecular complexity index is 711. The normalized spacial score (nSPS) is 15.3. The fraction of sp³-hybridized carbons (Fsp3) is 0.316. The summed E-state index contributed by atoms with van der Waals surface area (Å²) in [6, 6.07) is 15.9. The Morgan fingerprint density at radius 1 is 1.17 bits per heavy atom. The maximum absolute atomic E-state index is 12.4. The summed E-state index contributed by atoms with van der Waals surface area (Å²) < 4.78 is 0. The van der Waals surface area contributed by atoms with Gasteiger partial charge in [-0.15, -0.1) is 0 Å². The number of hydrogen-bond donors (Lipinski definition) is 2. The molecule has 0 aromatic heterocycles. The largest absolute Gasteiger partial charge is 0.328 e. The van der Waals surface area contributed by atoms with Crippen molar-refractivity contribution in [3.05, 3.63) is 64.7 Å². The van der Waals surface area contributed by atoms with Crippen molar-refractivity contribution in [1.29, 1.82) is 0 Å². The molecule has 0 spiro atoms. The molecule has 1 heterocycles. The highest BCUT2D eigenvalue weighted by molar-refractivity contribution is 6.30. The Labute approximate surface area is 148 Å². The van der Waals surface area contributed by atoms with Crippen LogP contribution in [-0.2, 0) is 6.54 Å². The number of nitrogens with zero attached hydrogens (tertiary/aromatic N) is 1. The molecular weight excluding hydrogens is 322 g/mol. The summed E-state index contributed by atoms with van der Waals surface area (Å²) in [5, 5.41) is 3.79. The van der Waals surface area contributed by atoms with Crippen LogP contribution in [0.5, 0.6) is 0 Å². The maximum atomic E-state index is 12.4. The third kappa shape index (κ3) is 4.28. The molecule has 2 amide bonds. The number of nitrogens with one attached hydrogen (secondary N) is 2. The summed E-state index contributed by atoms with van der Waals surface area (Å²) in [6.07, 6.45) is 0. The van der Waals surface area contributed by atoms with Crippen molar-refractivity contribution < 1.29 is 9.69 Å². The summed E-state index contributed by atoms with van der Waals surface area (Å²) in [5.41, 5.74) is 3.21. The van der Waals surface area contributed by atoms with Gasteiger partial charge in [0.1, 0.15) is 6.54 Å². The number of quaternary nitrogens is 1. The topological polar surface area (TPSA) is 36.8 Å². The van der Waals surface area contributed by atoms with Crippen molar-refractivity contribution in [3.63, 3.8) is 0 Å². The molecule has 2 N–H and O–H groups in total. The monoisotopic (exact) mass is 344 g/mol. The van der Waals surface area contributed by atoms with Gasteiger partial charge < -0.3 is 15.1 Å². The fourth-order valence-electron chi connectivity index (χ4n) is 3.05. The van der Waals surface area contributed by atoms with Gasteiger partial charge in [0.2, 0.25) is 0 Å². The van der Waals surface area contributed by atoms with Gasteiger partial charge in [0.05, 0.1) is 26.2 Å². The molecule has 1 saturated heterocycles. The van der Waals surface area contributed by atoms with Crippen molar-refractivity contribution in [3.8, 4) is 0 Å². The van der Waals surface area contributed by atoms with Crippen LogP contribution in [0.25, 0.3) is 0 Å². The smallest absolute Gasteiger partial charge is 0.322 e. The Morgan fingerprint density at radius 3 is 2.62 bits per heavy atom. The third-order valence-corrected chi connectivity index (χ3v) is 4.72. The van der Waals surface area contributed by atoms with Crippen molar-refractivity contribution >= 4 is 23.3 Å². The number of amides is 2. The maximum Gasteiger partial charge on any atom is 0.322 e. The average molecular weight is 345 g/mol. The van der Waals surface area contributed by atoms with E-state index in [2.05, 4.69) is 11.4 Å². The molecule has 2 aromatic carbocycles. The molecule has 0 saturated carbocycles. The Morgan fingerprint density at radius 2 is 1.92 bits per heavy atom. The number of benzene rings is 2.